The minimum Gasteiger partial charge on any atom is -0.497 e. The zero-order chi connectivity index (χ0) is 31.5. The predicted octanol–water partition coefficient (Wildman–Crippen LogP) is 6.05. The third-order valence-corrected chi connectivity index (χ3v) is 7.30. The molecule has 0 saturated heterocycles. The fraction of sp³-hybridized carbons (Fsp3) is 0.118. The highest BCUT2D eigenvalue weighted by Gasteiger charge is 2.17. The Morgan fingerprint density at radius 1 is 0.750 bits per heavy atom. The number of rotatable bonds is 12. The third kappa shape index (κ3) is 8.83. The molecule has 224 valence electrons. The van der Waals surface area contributed by atoms with Crippen molar-refractivity contribution in [2.24, 2.45) is 0 Å². The first-order chi connectivity index (χ1) is 21.2. The summed E-state index contributed by atoms with van der Waals surface area (Å²) in [5.41, 5.74) is 2.52. The van der Waals surface area contributed by atoms with Crippen molar-refractivity contribution in [3.05, 3.63) is 119 Å². The zero-order valence-corrected chi connectivity index (χ0v) is 25.2. The number of ketones is 1. The second kappa shape index (κ2) is 15.2. The Balaban J connectivity index is 1.49. The van der Waals surface area contributed by atoms with E-state index in [0.29, 0.717) is 39.6 Å². The Labute approximate surface area is 259 Å². The third-order valence-electron chi connectivity index (χ3n) is 6.30. The molecule has 0 aliphatic rings. The fourth-order valence-corrected chi connectivity index (χ4v) is 4.80. The van der Waals surface area contributed by atoms with E-state index in [2.05, 4.69) is 16.0 Å². The average Bonchev–Trinajstić information content (AvgIpc) is 3.04. The second-order valence-electron chi connectivity index (χ2n) is 9.44. The maximum Gasteiger partial charge on any atom is 0.272 e. The molecule has 0 heterocycles. The van der Waals surface area contributed by atoms with Crippen molar-refractivity contribution in [1.82, 2.24) is 5.32 Å². The van der Waals surface area contributed by atoms with Gasteiger partial charge in [-0.2, -0.15) is 0 Å². The van der Waals surface area contributed by atoms with Gasteiger partial charge in [0.1, 0.15) is 17.2 Å². The van der Waals surface area contributed by atoms with Gasteiger partial charge in [-0.05, 0) is 85.8 Å². The quantitative estimate of drug-likeness (QED) is 0.102. The van der Waals surface area contributed by atoms with Gasteiger partial charge in [0, 0.05) is 33.0 Å². The number of methoxy groups -OCH3 is 2. The standard InChI is InChI=1S/C34H31N3O6S/c1-22(38)23-12-14-26(15-13-23)35-32(39)21-44-29-11-7-10-27(20-29)36-34(41)30(37-33(40)24-8-5-4-6-9-24)19-25-18-28(42-2)16-17-31(25)43-3/h4-20H,21H2,1-3H3,(H,35,39)(H,36,41)(H,37,40)/b30-19+. The summed E-state index contributed by atoms with van der Waals surface area (Å²) in [4.78, 5) is 51.3. The van der Waals surface area contributed by atoms with Gasteiger partial charge in [-0.15, -0.1) is 11.8 Å². The average molecular weight is 610 g/mol. The van der Waals surface area contributed by atoms with Crippen LogP contribution in [0.2, 0.25) is 0 Å². The molecule has 10 heteroatoms. The highest BCUT2D eigenvalue weighted by atomic mass is 32.2. The minimum absolute atomic E-state index is 0.0152. The first-order valence-electron chi connectivity index (χ1n) is 13.5. The number of benzene rings is 4. The van der Waals surface area contributed by atoms with Gasteiger partial charge >= 0.3 is 0 Å². The minimum atomic E-state index is -0.562. The summed E-state index contributed by atoms with van der Waals surface area (Å²) in [6, 6.07) is 27.4. The van der Waals surface area contributed by atoms with Crippen LogP contribution >= 0.6 is 11.8 Å². The van der Waals surface area contributed by atoms with Crippen LogP contribution in [0.5, 0.6) is 11.5 Å². The molecule has 0 bridgehead atoms. The number of carbonyl (C=O) groups is 4. The lowest BCUT2D eigenvalue weighted by atomic mass is 10.1. The van der Waals surface area contributed by atoms with Crippen LogP contribution in [0, 0.1) is 0 Å². The lowest BCUT2D eigenvalue weighted by molar-refractivity contribution is -0.114. The van der Waals surface area contributed by atoms with Crippen molar-refractivity contribution in [3.63, 3.8) is 0 Å². The van der Waals surface area contributed by atoms with Gasteiger partial charge in [0.05, 0.1) is 20.0 Å². The molecule has 3 N–H and O–H groups in total. The molecular weight excluding hydrogens is 578 g/mol. The molecule has 0 atom stereocenters. The molecule has 0 radical (unpaired) electrons. The Morgan fingerprint density at radius 3 is 2.18 bits per heavy atom. The van der Waals surface area contributed by atoms with Gasteiger partial charge in [0.2, 0.25) is 5.91 Å². The van der Waals surface area contributed by atoms with Crippen LogP contribution in [0.25, 0.3) is 6.08 Å². The number of amides is 3. The molecule has 4 aromatic rings. The van der Waals surface area contributed by atoms with Crippen molar-refractivity contribution in [2.75, 3.05) is 30.6 Å². The van der Waals surface area contributed by atoms with Gasteiger partial charge < -0.3 is 25.4 Å². The SMILES string of the molecule is COc1ccc(OC)c(/C=C(/NC(=O)c2ccccc2)C(=O)Nc2cccc(SCC(=O)Nc3ccc(C(C)=O)cc3)c2)c1. The number of thioether (sulfide) groups is 1. The highest BCUT2D eigenvalue weighted by molar-refractivity contribution is 8.00. The van der Waals surface area contributed by atoms with Crippen LogP contribution < -0.4 is 25.4 Å². The number of hydrogen-bond donors (Lipinski definition) is 3. The van der Waals surface area contributed by atoms with E-state index in [1.54, 1.807) is 91.0 Å². The Bertz CT molecular complexity index is 1690. The lowest BCUT2D eigenvalue weighted by Gasteiger charge is -2.14. The fourth-order valence-electron chi connectivity index (χ4n) is 4.05. The van der Waals surface area contributed by atoms with Gasteiger partial charge in [0.25, 0.3) is 11.8 Å². The van der Waals surface area contributed by atoms with E-state index < -0.39 is 11.8 Å². The number of ether oxygens (including phenoxy) is 2. The molecule has 0 unspecified atom stereocenters. The molecule has 4 rings (SSSR count). The predicted molar refractivity (Wildman–Crippen MR) is 172 cm³/mol. The van der Waals surface area contributed by atoms with Crippen LogP contribution in [-0.4, -0.2) is 43.5 Å². The van der Waals surface area contributed by atoms with E-state index >= 15 is 0 Å². The van der Waals surface area contributed by atoms with Gasteiger partial charge in [-0.1, -0.05) is 24.3 Å². The molecule has 4 aromatic carbocycles. The summed E-state index contributed by atoms with van der Waals surface area (Å²) in [6.45, 7) is 1.48. The number of anilines is 2. The highest BCUT2D eigenvalue weighted by Crippen LogP contribution is 2.27. The maximum absolute atomic E-state index is 13.5. The summed E-state index contributed by atoms with van der Waals surface area (Å²) >= 11 is 1.29. The second-order valence-corrected chi connectivity index (χ2v) is 10.5. The van der Waals surface area contributed by atoms with Crippen molar-refractivity contribution in [3.8, 4) is 11.5 Å². The molecule has 3 amide bonds. The van der Waals surface area contributed by atoms with E-state index in [-0.39, 0.29) is 23.1 Å². The van der Waals surface area contributed by atoms with E-state index in [4.69, 9.17) is 9.47 Å². The van der Waals surface area contributed by atoms with Crippen LogP contribution in [0.3, 0.4) is 0 Å². The molecule has 0 aromatic heterocycles. The Kier molecular flexibility index (Phi) is 10.9. The van der Waals surface area contributed by atoms with Crippen LogP contribution in [0.15, 0.2) is 108 Å². The smallest absolute Gasteiger partial charge is 0.272 e. The van der Waals surface area contributed by atoms with Gasteiger partial charge in [-0.25, -0.2) is 0 Å². The number of nitrogens with one attached hydrogen (secondary N) is 3. The summed E-state index contributed by atoms with van der Waals surface area (Å²) in [5.74, 6) is -0.134. The monoisotopic (exact) mass is 609 g/mol. The molecule has 44 heavy (non-hydrogen) atoms. The van der Waals surface area contributed by atoms with Crippen molar-refractivity contribution in [1.29, 1.82) is 0 Å². The molecule has 0 saturated carbocycles. The van der Waals surface area contributed by atoms with Crippen LogP contribution in [0.1, 0.15) is 33.2 Å². The van der Waals surface area contributed by atoms with Gasteiger partial charge in [0.15, 0.2) is 5.78 Å². The zero-order valence-electron chi connectivity index (χ0n) is 24.4. The lowest BCUT2D eigenvalue weighted by Crippen LogP contribution is -2.30. The number of Topliss-reactive ketones (excluding diaryl/α,β-unsaturated/α-hetero) is 1. The first kappa shape index (κ1) is 31.6. The normalized spacial score (nSPS) is 10.8. The molecule has 0 spiro atoms. The van der Waals surface area contributed by atoms with Crippen molar-refractivity contribution < 1.29 is 28.7 Å². The summed E-state index contributed by atoms with van der Waals surface area (Å²) < 4.78 is 10.8. The molecule has 0 aliphatic carbocycles. The number of carbonyl (C=O) groups excluding carboxylic acids is 4. The molecule has 9 nitrogen and oxygen atoms in total. The molecule has 0 aliphatic heterocycles. The van der Waals surface area contributed by atoms with E-state index in [1.807, 2.05) is 6.07 Å². The van der Waals surface area contributed by atoms with E-state index in [9.17, 15) is 19.2 Å². The van der Waals surface area contributed by atoms with Gasteiger partial charge in [-0.3, -0.25) is 19.2 Å². The molecule has 0 fully saturated rings. The van der Waals surface area contributed by atoms with Crippen molar-refractivity contribution in [2.45, 2.75) is 11.8 Å². The summed E-state index contributed by atoms with van der Waals surface area (Å²) in [6.07, 6.45) is 1.52. The van der Waals surface area contributed by atoms with Crippen LogP contribution in [0.4, 0.5) is 11.4 Å². The Hall–Kier alpha value is -5.35. The Morgan fingerprint density at radius 2 is 1.50 bits per heavy atom. The first-order valence-corrected chi connectivity index (χ1v) is 14.5. The van der Waals surface area contributed by atoms with E-state index in [1.165, 1.54) is 39.0 Å². The topological polar surface area (TPSA) is 123 Å². The van der Waals surface area contributed by atoms with Crippen molar-refractivity contribution >= 4 is 52.7 Å². The van der Waals surface area contributed by atoms with E-state index in [0.717, 1.165) is 4.90 Å². The maximum atomic E-state index is 13.5. The summed E-state index contributed by atoms with van der Waals surface area (Å²) in [5, 5.41) is 8.35. The summed E-state index contributed by atoms with van der Waals surface area (Å²) in [7, 11) is 3.04. The molecular formula is C34H31N3O6S. The number of hydrogen-bond acceptors (Lipinski definition) is 7. The largest absolute Gasteiger partial charge is 0.497 e. The van der Waals surface area contributed by atoms with Crippen LogP contribution in [-0.2, 0) is 9.59 Å².